The van der Waals surface area contributed by atoms with Crippen LogP contribution in [0.15, 0.2) is 29.2 Å². The van der Waals surface area contributed by atoms with Crippen LogP contribution in [-0.4, -0.2) is 51.8 Å². The Morgan fingerprint density at radius 2 is 2.00 bits per heavy atom. The van der Waals surface area contributed by atoms with Crippen LogP contribution in [0.3, 0.4) is 0 Å². The van der Waals surface area contributed by atoms with E-state index in [9.17, 15) is 8.42 Å². The first-order valence-corrected chi connectivity index (χ1v) is 9.52. The summed E-state index contributed by atoms with van der Waals surface area (Å²) < 4.78 is 24.2. The Labute approximate surface area is 128 Å². The maximum absolute atomic E-state index is 12.1. The van der Waals surface area contributed by atoms with Gasteiger partial charge in [0, 0.05) is 26.2 Å². The molecule has 0 bridgehead atoms. The van der Waals surface area contributed by atoms with Crippen molar-refractivity contribution in [3.05, 3.63) is 29.8 Å². The molecule has 1 saturated heterocycles. The summed E-state index contributed by atoms with van der Waals surface area (Å²) in [6, 6.07) is 7.46. The Balaban J connectivity index is 1.89. The van der Waals surface area contributed by atoms with E-state index in [-0.39, 0.29) is 5.75 Å². The molecule has 4 nitrogen and oxygen atoms in total. The summed E-state index contributed by atoms with van der Waals surface area (Å²) in [4.78, 5) is 2.94. The van der Waals surface area contributed by atoms with Crippen LogP contribution in [-0.2, 0) is 16.3 Å². The molecule has 0 unspecified atom stereocenters. The van der Waals surface area contributed by atoms with Crippen LogP contribution < -0.4 is 5.32 Å². The first kappa shape index (κ1) is 16.5. The second-order valence-electron chi connectivity index (χ2n) is 5.66. The highest BCUT2D eigenvalue weighted by Gasteiger charge is 2.13. The average Bonchev–Trinajstić information content (AvgIpc) is 2.49. The van der Waals surface area contributed by atoms with E-state index in [2.05, 4.69) is 10.2 Å². The Morgan fingerprint density at radius 3 is 2.71 bits per heavy atom. The molecule has 1 aliphatic rings. The molecule has 1 fully saturated rings. The zero-order chi connectivity index (χ0) is 15.1. The molecule has 1 aliphatic heterocycles. The molecule has 1 heterocycles. The van der Waals surface area contributed by atoms with Crippen molar-refractivity contribution in [2.24, 2.45) is 0 Å². The first-order valence-electron chi connectivity index (χ1n) is 7.86. The molecule has 118 valence electrons. The fraction of sp³-hybridized carbons (Fsp3) is 0.625. The van der Waals surface area contributed by atoms with Gasteiger partial charge in [0.1, 0.15) is 0 Å². The van der Waals surface area contributed by atoms with Gasteiger partial charge in [-0.1, -0.05) is 19.1 Å². The van der Waals surface area contributed by atoms with Gasteiger partial charge in [0.25, 0.3) is 0 Å². The molecule has 0 aliphatic carbocycles. The van der Waals surface area contributed by atoms with Crippen LogP contribution in [0.5, 0.6) is 0 Å². The van der Waals surface area contributed by atoms with Gasteiger partial charge in [0.2, 0.25) is 0 Å². The molecular formula is C16H26N2O2S. The average molecular weight is 310 g/mol. The second-order valence-corrected chi connectivity index (χ2v) is 7.77. The van der Waals surface area contributed by atoms with Gasteiger partial charge in [0.15, 0.2) is 9.84 Å². The van der Waals surface area contributed by atoms with E-state index >= 15 is 0 Å². The molecule has 0 spiro atoms. The summed E-state index contributed by atoms with van der Waals surface area (Å²) in [6.07, 6.45) is 2.69. The molecule has 1 aromatic carbocycles. The third kappa shape index (κ3) is 5.09. The van der Waals surface area contributed by atoms with Gasteiger partial charge < -0.3 is 10.2 Å². The molecule has 0 saturated carbocycles. The summed E-state index contributed by atoms with van der Waals surface area (Å²) in [5.41, 5.74) is 1.13. The van der Waals surface area contributed by atoms with Crippen LogP contribution >= 0.6 is 0 Å². The predicted molar refractivity (Wildman–Crippen MR) is 86.4 cm³/mol. The highest BCUT2D eigenvalue weighted by Crippen LogP contribution is 2.15. The number of hydrogen-bond donors (Lipinski definition) is 1. The van der Waals surface area contributed by atoms with Crippen molar-refractivity contribution in [1.29, 1.82) is 0 Å². The van der Waals surface area contributed by atoms with Crippen molar-refractivity contribution >= 4 is 9.84 Å². The van der Waals surface area contributed by atoms with Crippen LogP contribution in [0, 0.1) is 0 Å². The summed E-state index contributed by atoms with van der Waals surface area (Å²) in [7, 11) is -3.10. The van der Waals surface area contributed by atoms with E-state index in [1.807, 2.05) is 25.1 Å². The van der Waals surface area contributed by atoms with E-state index in [1.165, 1.54) is 0 Å². The minimum atomic E-state index is -3.10. The number of aryl methyl sites for hydroxylation is 1. The van der Waals surface area contributed by atoms with E-state index in [0.717, 1.165) is 51.1 Å². The summed E-state index contributed by atoms with van der Waals surface area (Å²) >= 11 is 0. The topological polar surface area (TPSA) is 49.4 Å². The number of rotatable bonds is 7. The Kier molecular flexibility index (Phi) is 6.21. The summed E-state index contributed by atoms with van der Waals surface area (Å²) in [5, 5.41) is 3.35. The lowest BCUT2D eigenvalue weighted by Gasteiger charge is -2.27. The largest absolute Gasteiger partial charge is 0.314 e. The molecule has 0 amide bonds. The minimum absolute atomic E-state index is 0.233. The Hall–Kier alpha value is -0.910. The molecule has 0 atom stereocenters. The lowest BCUT2D eigenvalue weighted by molar-refractivity contribution is 0.238. The van der Waals surface area contributed by atoms with Crippen LogP contribution in [0.1, 0.15) is 25.3 Å². The van der Waals surface area contributed by atoms with Crippen molar-refractivity contribution in [3.63, 3.8) is 0 Å². The van der Waals surface area contributed by atoms with Crippen LogP contribution in [0.2, 0.25) is 0 Å². The van der Waals surface area contributed by atoms with Gasteiger partial charge >= 0.3 is 0 Å². The van der Waals surface area contributed by atoms with Crippen molar-refractivity contribution in [2.75, 3.05) is 38.5 Å². The highest BCUT2D eigenvalue weighted by atomic mass is 32.2. The lowest BCUT2D eigenvalue weighted by atomic mass is 10.1. The van der Waals surface area contributed by atoms with Gasteiger partial charge in [0.05, 0.1) is 10.6 Å². The van der Waals surface area contributed by atoms with E-state index in [0.29, 0.717) is 11.3 Å². The lowest BCUT2D eigenvalue weighted by Crippen LogP contribution is -2.43. The first-order chi connectivity index (χ1) is 10.1. The SMILES string of the molecule is CCCS(=O)(=O)c1cccc(CCCN2CCNCC2)c1. The minimum Gasteiger partial charge on any atom is -0.314 e. The number of piperazine rings is 1. The normalized spacial score (nSPS) is 17.0. The zero-order valence-corrected chi connectivity index (χ0v) is 13.7. The monoisotopic (exact) mass is 310 g/mol. The van der Waals surface area contributed by atoms with Gasteiger partial charge in [-0.3, -0.25) is 0 Å². The third-order valence-electron chi connectivity index (χ3n) is 3.88. The van der Waals surface area contributed by atoms with Crippen molar-refractivity contribution in [2.45, 2.75) is 31.1 Å². The fourth-order valence-electron chi connectivity index (χ4n) is 2.72. The van der Waals surface area contributed by atoms with Crippen molar-refractivity contribution in [3.8, 4) is 0 Å². The molecule has 21 heavy (non-hydrogen) atoms. The van der Waals surface area contributed by atoms with Gasteiger partial charge in [-0.05, 0) is 43.5 Å². The number of nitrogens with one attached hydrogen (secondary N) is 1. The number of benzene rings is 1. The van der Waals surface area contributed by atoms with Gasteiger partial charge in [-0.2, -0.15) is 0 Å². The molecule has 0 aromatic heterocycles. The van der Waals surface area contributed by atoms with E-state index in [4.69, 9.17) is 0 Å². The fourth-order valence-corrected chi connectivity index (χ4v) is 4.11. The van der Waals surface area contributed by atoms with Crippen LogP contribution in [0.4, 0.5) is 0 Å². The molecule has 5 heteroatoms. The number of sulfone groups is 1. The molecule has 2 rings (SSSR count). The van der Waals surface area contributed by atoms with Crippen LogP contribution in [0.25, 0.3) is 0 Å². The Bertz CT molecular complexity index is 537. The molecule has 0 radical (unpaired) electrons. The molecule has 1 aromatic rings. The van der Waals surface area contributed by atoms with Gasteiger partial charge in [-0.25, -0.2) is 8.42 Å². The number of hydrogen-bond acceptors (Lipinski definition) is 4. The van der Waals surface area contributed by atoms with Crippen molar-refractivity contribution < 1.29 is 8.42 Å². The molecule has 1 N–H and O–H groups in total. The smallest absolute Gasteiger partial charge is 0.178 e. The highest BCUT2D eigenvalue weighted by molar-refractivity contribution is 7.91. The van der Waals surface area contributed by atoms with E-state index < -0.39 is 9.84 Å². The quantitative estimate of drug-likeness (QED) is 0.833. The third-order valence-corrected chi connectivity index (χ3v) is 5.80. The Morgan fingerprint density at radius 1 is 1.24 bits per heavy atom. The zero-order valence-electron chi connectivity index (χ0n) is 12.8. The summed E-state index contributed by atoms with van der Waals surface area (Å²) in [5.74, 6) is 0.233. The maximum atomic E-state index is 12.1. The summed E-state index contributed by atoms with van der Waals surface area (Å²) in [6.45, 7) is 7.37. The van der Waals surface area contributed by atoms with Gasteiger partial charge in [-0.15, -0.1) is 0 Å². The van der Waals surface area contributed by atoms with E-state index in [1.54, 1.807) is 6.07 Å². The second kappa shape index (κ2) is 7.92. The number of nitrogens with zero attached hydrogens (tertiary/aromatic N) is 1. The standard InChI is InChI=1S/C16H26N2O2S/c1-2-13-21(19,20)16-7-3-5-15(14-16)6-4-10-18-11-8-17-9-12-18/h3,5,7,14,17H,2,4,6,8-13H2,1H3. The maximum Gasteiger partial charge on any atom is 0.178 e. The predicted octanol–water partition coefficient (Wildman–Crippen LogP) is 1.71. The van der Waals surface area contributed by atoms with Crippen molar-refractivity contribution in [1.82, 2.24) is 10.2 Å². The molecular weight excluding hydrogens is 284 g/mol.